The van der Waals surface area contributed by atoms with Crippen LogP contribution in [0.5, 0.6) is 0 Å². The SMILES string of the molecule is Cc1ncnc(N2CC[C@H]2c2nn3cccc3c(=O)n2-c2ccccc2)c1C#N. The number of anilines is 1. The highest BCUT2D eigenvalue weighted by molar-refractivity contribution is 5.58. The second-order valence-electron chi connectivity index (χ2n) is 6.94. The maximum absolute atomic E-state index is 13.3. The fraction of sp³-hybridized carbons (Fsp3) is 0.190. The maximum atomic E-state index is 13.3. The number of hydrogen-bond donors (Lipinski definition) is 0. The average molecular weight is 383 g/mol. The molecule has 0 amide bonds. The first kappa shape index (κ1) is 17.1. The summed E-state index contributed by atoms with van der Waals surface area (Å²) >= 11 is 0. The van der Waals surface area contributed by atoms with E-state index < -0.39 is 0 Å². The molecule has 1 fully saturated rings. The van der Waals surface area contributed by atoms with Crippen LogP contribution in [-0.2, 0) is 0 Å². The number of fused-ring (bicyclic) bond motifs is 1. The minimum Gasteiger partial charge on any atom is -0.345 e. The van der Waals surface area contributed by atoms with Crippen LogP contribution >= 0.6 is 0 Å². The van der Waals surface area contributed by atoms with Crippen molar-refractivity contribution in [1.29, 1.82) is 5.26 Å². The summed E-state index contributed by atoms with van der Waals surface area (Å²) in [5.41, 5.74) is 2.23. The largest absolute Gasteiger partial charge is 0.345 e. The van der Waals surface area contributed by atoms with Gasteiger partial charge in [-0.2, -0.15) is 10.4 Å². The van der Waals surface area contributed by atoms with Crippen molar-refractivity contribution in [3.63, 3.8) is 0 Å². The van der Waals surface area contributed by atoms with Gasteiger partial charge in [0.05, 0.1) is 17.4 Å². The summed E-state index contributed by atoms with van der Waals surface area (Å²) in [7, 11) is 0. The van der Waals surface area contributed by atoms with Crippen LogP contribution in [0.15, 0.2) is 59.8 Å². The number of para-hydroxylation sites is 1. The van der Waals surface area contributed by atoms with Gasteiger partial charge < -0.3 is 4.90 Å². The lowest BCUT2D eigenvalue weighted by Gasteiger charge is -2.42. The van der Waals surface area contributed by atoms with E-state index in [4.69, 9.17) is 5.10 Å². The smallest absolute Gasteiger partial charge is 0.282 e. The first-order chi connectivity index (χ1) is 14.2. The molecule has 0 radical (unpaired) electrons. The van der Waals surface area contributed by atoms with Crippen LogP contribution < -0.4 is 10.5 Å². The van der Waals surface area contributed by atoms with Gasteiger partial charge in [-0.25, -0.2) is 14.5 Å². The van der Waals surface area contributed by atoms with Gasteiger partial charge in [0.25, 0.3) is 5.56 Å². The van der Waals surface area contributed by atoms with Crippen molar-refractivity contribution < 1.29 is 0 Å². The van der Waals surface area contributed by atoms with E-state index in [9.17, 15) is 10.1 Å². The third kappa shape index (κ3) is 2.59. The molecule has 142 valence electrons. The van der Waals surface area contributed by atoms with Gasteiger partial charge in [-0.3, -0.25) is 9.36 Å². The Morgan fingerprint density at radius 1 is 1.14 bits per heavy atom. The van der Waals surface area contributed by atoms with Gasteiger partial charge in [-0.15, -0.1) is 0 Å². The van der Waals surface area contributed by atoms with E-state index in [0.29, 0.717) is 28.4 Å². The molecule has 8 heteroatoms. The molecule has 1 aliphatic heterocycles. The normalized spacial score (nSPS) is 15.9. The molecule has 0 N–H and O–H groups in total. The molecular weight excluding hydrogens is 366 g/mol. The summed E-state index contributed by atoms with van der Waals surface area (Å²) in [5.74, 6) is 1.20. The molecule has 0 spiro atoms. The van der Waals surface area contributed by atoms with Gasteiger partial charge in [0, 0.05) is 12.7 Å². The molecule has 4 aromatic rings. The Balaban J connectivity index is 1.71. The second kappa shape index (κ2) is 6.56. The minimum absolute atomic E-state index is 0.127. The Hall–Kier alpha value is -3.99. The molecule has 29 heavy (non-hydrogen) atoms. The van der Waals surface area contributed by atoms with Gasteiger partial charge in [0.2, 0.25) is 0 Å². The van der Waals surface area contributed by atoms with E-state index in [0.717, 1.165) is 18.7 Å². The fourth-order valence-electron chi connectivity index (χ4n) is 3.76. The lowest BCUT2D eigenvalue weighted by atomic mass is 10.0. The molecule has 0 unspecified atom stereocenters. The van der Waals surface area contributed by atoms with Crippen molar-refractivity contribution in [2.45, 2.75) is 19.4 Å². The average Bonchev–Trinajstić information content (AvgIpc) is 3.17. The second-order valence-corrected chi connectivity index (χ2v) is 6.94. The van der Waals surface area contributed by atoms with Gasteiger partial charge in [0.1, 0.15) is 23.5 Å². The molecule has 1 saturated heterocycles. The first-order valence-electron chi connectivity index (χ1n) is 9.33. The lowest BCUT2D eigenvalue weighted by Crippen LogP contribution is -2.45. The first-order valence-corrected chi connectivity index (χ1v) is 9.33. The van der Waals surface area contributed by atoms with Crippen LogP contribution in [0.1, 0.15) is 29.5 Å². The van der Waals surface area contributed by atoms with Crippen LogP contribution in [0.2, 0.25) is 0 Å². The van der Waals surface area contributed by atoms with Crippen molar-refractivity contribution in [2.75, 3.05) is 11.4 Å². The molecule has 8 nitrogen and oxygen atoms in total. The fourth-order valence-corrected chi connectivity index (χ4v) is 3.76. The van der Waals surface area contributed by atoms with E-state index >= 15 is 0 Å². The van der Waals surface area contributed by atoms with Crippen molar-refractivity contribution in [2.24, 2.45) is 0 Å². The zero-order valence-corrected chi connectivity index (χ0v) is 15.7. The summed E-state index contributed by atoms with van der Waals surface area (Å²) in [5, 5.41) is 14.3. The van der Waals surface area contributed by atoms with Crippen LogP contribution in [0, 0.1) is 18.3 Å². The summed E-state index contributed by atoms with van der Waals surface area (Å²) in [6.45, 7) is 2.52. The van der Waals surface area contributed by atoms with E-state index in [1.165, 1.54) is 6.33 Å². The molecule has 3 aromatic heterocycles. The third-order valence-electron chi connectivity index (χ3n) is 5.32. The van der Waals surface area contributed by atoms with Crippen LogP contribution in [0.4, 0.5) is 5.82 Å². The molecule has 5 rings (SSSR count). The molecule has 1 aliphatic rings. The zero-order valence-electron chi connectivity index (χ0n) is 15.7. The van der Waals surface area contributed by atoms with Gasteiger partial charge in [0.15, 0.2) is 11.6 Å². The van der Waals surface area contributed by atoms with Crippen molar-refractivity contribution in [3.05, 3.63) is 82.4 Å². The van der Waals surface area contributed by atoms with E-state index in [2.05, 4.69) is 16.0 Å². The van der Waals surface area contributed by atoms with E-state index in [-0.39, 0.29) is 11.6 Å². The zero-order chi connectivity index (χ0) is 20.0. The van der Waals surface area contributed by atoms with Crippen molar-refractivity contribution >= 4 is 11.3 Å². The molecule has 0 saturated carbocycles. The van der Waals surface area contributed by atoms with E-state index in [1.54, 1.807) is 28.3 Å². The third-order valence-corrected chi connectivity index (χ3v) is 5.32. The number of nitrogens with zero attached hydrogens (tertiary/aromatic N) is 7. The standard InChI is InChI=1S/C21H17N7O/c1-14-16(12-22)19(24-13-23-14)26-11-9-17(26)20-25-27-10-5-8-18(27)21(29)28(20)15-6-3-2-4-7-15/h2-8,10,13,17H,9,11H2,1H3/t17-/m0/s1. The van der Waals surface area contributed by atoms with Gasteiger partial charge in [-0.1, -0.05) is 18.2 Å². The Kier molecular flexibility index (Phi) is 3.88. The molecule has 0 aliphatic carbocycles. The number of hydrogen-bond acceptors (Lipinski definition) is 6. The van der Waals surface area contributed by atoms with Gasteiger partial charge in [-0.05, 0) is 37.6 Å². The predicted octanol–water partition coefficient (Wildman–Crippen LogP) is 2.41. The summed E-state index contributed by atoms with van der Waals surface area (Å²) in [6.07, 6.45) is 4.04. The Morgan fingerprint density at radius 3 is 2.69 bits per heavy atom. The van der Waals surface area contributed by atoms with E-state index in [1.807, 2.05) is 41.3 Å². The Morgan fingerprint density at radius 2 is 1.97 bits per heavy atom. The summed E-state index contributed by atoms with van der Waals surface area (Å²) in [4.78, 5) is 23.8. The topological polar surface area (TPSA) is 92.1 Å². The highest BCUT2D eigenvalue weighted by atomic mass is 16.1. The quantitative estimate of drug-likeness (QED) is 0.539. The number of nitriles is 1. The molecular formula is C21H17N7O. The lowest BCUT2D eigenvalue weighted by molar-refractivity contribution is 0.422. The molecule has 0 bridgehead atoms. The number of benzene rings is 1. The Labute approximate surface area is 166 Å². The monoisotopic (exact) mass is 383 g/mol. The van der Waals surface area contributed by atoms with Gasteiger partial charge >= 0.3 is 0 Å². The van der Waals surface area contributed by atoms with Crippen LogP contribution in [0.25, 0.3) is 11.2 Å². The maximum Gasteiger partial charge on any atom is 0.282 e. The van der Waals surface area contributed by atoms with Crippen molar-refractivity contribution in [1.82, 2.24) is 24.1 Å². The van der Waals surface area contributed by atoms with Crippen molar-refractivity contribution in [3.8, 4) is 11.8 Å². The predicted molar refractivity (Wildman–Crippen MR) is 107 cm³/mol. The molecule has 1 aromatic carbocycles. The molecule has 1 atom stereocenters. The van der Waals surface area contributed by atoms with Crippen LogP contribution in [-0.4, -0.2) is 30.7 Å². The molecule has 4 heterocycles. The minimum atomic E-state index is -0.170. The number of aryl methyl sites for hydroxylation is 1. The summed E-state index contributed by atoms with van der Waals surface area (Å²) < 4.78 is 3.27. The highest BCUT2D eigenvalue weighted by Gasteiger charge is 2.36. The number of aromatic nitrogens is 5. The highest BCUT2D eigenvalue weighted by Crippen LogP contribution is 2.37. The number of rotatable bonds is 3. The van der Waals surface area contributed by atoms with Crippen LogP contribution in [0.3, 0.4) is 0 Å². The Bertz CT molecular complexity index is 1320. The summed E-state index contributed by atoms with van der Waals surface area (Å²) in [6, 6.07) is 15.1.